The number of hydrogen-bond donors (Lipinski definition) is 0. The Morgan fingerprint density at radius 1 is 1.33 bits per heavy atom. The van der Waals surface area contributed by atoms with Crippen molar-refractivity contribution >= 4 is 6.72 Å². The predicted octanol–water partition coefficient (Wildman–Crippen LogP) is -1.60. The first-order valence-electron chi connectivity index (χ1n) is 3.06. The third kappa shape index (κ3) is 2.19. The van der Waals surface area contributed by atoms with Crippen LogP contribution >= 0.6 is 0 Å². The lowest BCUT2D eigenvalue weighted by atomic mass is 10.1. The van der Waals surface area contributed by atoms with Crippen LogP contribution in [0.15, 0.2) is 12.3 Å². The van der Waals surface area contributed by atoms with Gasteiger partial charge in [-0.05, 0) is 13.0 Å². The highest BCUT2D eigenvalue weighted by Crippen LogP contribution is 2.12. The average molecular weight is 146 g/mol. The fraction of sp³-hybridized carbons (Fsp3) is 0.571. The molecule has 1 saturated heterocycles. The second kappa shape index (κ2) is 3.67. The van der Waals surface area contributed by atoms with E-state index in [2.05, 4.69) is 13.3 Å². The maximum atomic E-state index is 3.86. The zero-order chi connectivity index (χ0) is 5.98. The van der Waals surface area contributed by atoms with E-state index in [9.17, 15) is 0 Å². The number of piperidine rings is 1. The van der Waals surface area contributed by atoms with Gasteiger partial charge in [-0.25, -0.2) is 4.58 Å². The quantitative estimate of drug-likeness (QED) is 0.362. The van der Waals surface area contributed by atoms with Gasteiger partial charge < -0.3 is 12.4 Å². The van der Waals surface area contributed by atoms with Crippen molar-refractivity contribution in [1.82, 2.24) is 0 Å². The summed E-state index contributed by atoms with van der Waals surface area (Å²) in [7, 11) is 0. The zero-order valence-corrected chi connectivity index (χ0v) is 6.32. The molecule has 0 amide bonds. The molecule has 0 atom stereocenters. The molecule has 0 bridgehead atoms. The summed E-state index contributed by atoms with van der Waals surface area (Å²) in [5.74, 6) is 0. The van der Waals surface area contributed by atoms with Crippen LogP contribution in [0.4, 0.5) is 0 Å². The number of hydrogen-bond acceptors (Lipinski definition) is 0. The van der Waals surface area contributed by atoms with Gasteiger partial charge in [0.1, 0.15) is 13.3 Å². The van der Waals surface area contributed by atoms with E-state index < -0.39 is 0 Å². The molecule has 0 aromatic carbocycles. The van der Waals surface area contributed by atoms with Crippen molar-refractivity contribution in [3.8, 4) is 0 Å². The molecule has 0 unspecified atom stereocenters. The Morgan fingerprint density at radius 3 is 2.33 bits per heavy atom. The van der Waals surface area contributed by atoms with Crippen molar-refractivity contribution in [2.45, 2.75) is 19.3 Å². The highest BCUT2D eigenvalue weighted by Gasteiger charge is 2.12. The van der Waals surface area contributed by atoms with Crippen LogP contribution in [0.1, 0.15) is 19.3 Å². The molecule has 1 aliphatic rings. The second-order valence-electron chi connectivity index (χ2n) is 2.29. The van der Waals surface area contributed by atoms with E-state index in [0.717, 1.165) is 13.0 Å². The fourth-order valence-corrected chi connectivity index (χ4v) is 0.948. The lowest BCUT2D eigenvalue weighted by Crippen LogP contribution is -3.00. The monoisotopic (exact) mass is 145 g/mol. The van der Waals surface area contributed by atoms with Gasteiger partial charge in [0.25, 0.3) is 0 Å². The number of halogens is 1. The Morgan fingerprint density at radius 2 is 2.00 bits per heavy atom. The molecular formula is C7H12ClN. The van der Waals surface area contributed by atoms with E-state index in [-0.39, 0.29) is 12.4 Å². The normalized spacial score (nSPS) is 19.1. The van der Waals surface area contributed by atoms with Gasteiger partial charge in [-0.1, -0.05) is 0 Å². The third-order valence-electron chi connectivity index (χ3n) is 1.59. The smallest absolute Gasteiger partial charge is 0.173 e. The highest BCUT2D eigenvalue weighted by atomic mass is 35.5. The molecule has 0 aliphatic carbocycles. The molecule has 9 heavy (non-hydrogen) atoms. The Hall–Kier alpha value is -0.300. The Balaban J connectivity index is 0.000000640. The van der Waals surface area contributed by atoms with Gasteiger partial charge in [0, 0.05) is 12.8 Å². The molecular weight excluding hydrogens is 134 g/mol. The van der Waals surface area contributed by atoms with E-state index in [1.165, 1.54) is 18.5 Å². The summed E-state index contributed by atoms with van der Waals surface area (Å²) in [5, 5.41) is 0. The SMILES string of the molecule is C=C1CCCC[N+]1=C.[Cl-]. The first kappa shape index (κ1) is 8.70. The topological polar surface area (TPSA) is 3.01 Å². The van der Waals surface area contributed by atoms with Crippen LogP contribution in [-0.4, -0.2) is 17.8 Å². The van der Waals surface area contributed by atoms with Crippen LogP contribution in [0, 0.1) is 0 Å². The molecule has 0 spiro atoms. The zero-order valence-electron chi connectivity index (χ0n) is 5.57. The van der Waals surface area contributed by atoms with Crippen molar-refractivity contribution in [2.24, 2.45) is 0 Å². The van der Waals surface area contributed by atoms with Crippen LogP contribution < -0.4 is 12.4 Å². The van der Waals surface area contributed by atoms with Gasteiger partial charge in [-0.2, -0.15) is 0 Å². The minimum Gasteiger partial charge on any atom is -1.00 e. The van der Waals surface area contributed by atoms with E-state index in [1.54, 1.807) is 0 Å². The Labute approximate surface area is 62.5 Å². The van der Waals surface area contributed by atoms with Crippen LogP contribution in [0.2, 0.25) is 0 Å². The molecule has 1 fully saturated rings. The lowest BCUT2D eigenvalue weighted by Gasteiger charge is -2.08. The molecule has 1 rings (SSSR count). The first-order chi connectivity index (χ1) is 3.80. The van der Waals surface area contributed by atoms with Crippen molar-refractivity contribution in [2.75, 3.05) is 6.54 Å². The molecule has 0 saturated carbocycles. The van der Waals surface area contributed by atoms with E-state index in [1.807, 2.05) is 4.58 Å². The lowest BCUT2D eigenvalue weighted by molar-refractivity contribution is -0.478. The standard InChI is InChI=1S/C7H12N.ClH/c1-7-5-3-4-6-8(7)2;/h1-6H2;1H/q+1;/p-1. The summed E-state index contributed by atoms with van der Waals surface area (Å²) in [6, 6.07) is 0. The van der Waals surface area contributed by atoms with Gasteiger partial charge in [-0.3, -0.25) is 0 Å². The van der Waals surface area contributed by atoms with Crippen molar-refractivity contribution in [3.05, 3.63) is 12.3 Å². The minimum atomic E-state index is 0. The van der Waals surface area contributed by atoms with Crippen LogP contribution in [0.3, 0.4) is 0 Å². The van der Waals surface area contributed by atoms with Gasteiger partial charge in [0.05, 0.1) is 0 Å². The van der Waals surface area contributed by atoms with Crippen LogP contribution in [-0.2, 0) is 0 Å². The van der Waals surface area contributed by atoms with Crippen molar-refractivity contribution < 1.29 is 17.0 Å². The third-order valence-corrected chi connectivity index (χ3v) is 1.59. The van der Waals surface area contributed by atoms with E-state index in [0.29, 0.717) is 0 Å². The van der Waals surface area contributed by atoms with Gasteiger partial charge in [0.15, 0.2) is 5.70 Å². The van der Waals surface area contributed by atoms with Gasteiger partial charge >= 0.3 is 0 Å². The first-order valence-corrected chi connectivity index (χ1v) is 3.06. The molecule has 1 aliphatic heterocycles. The molecule has 1 heterocycles. The largest absolute Gasteiger partial charge is 1.00 e. The average Bonchev–Trinajstić information content (AvgIpc) is 1.77. The molecule has 1 nitrogen and oxygen atoms in total. The van der Waals surface area contributed by atoms with Crippen molar-refractivity contribution in [1.29, 1.82) is 0 Å². The Kier molecular flexibility index (Phi) is 3.55. The van der Waals surface area contributed by atoms with Crippen LogP contribution in [0.25, 0.3) is 0 Å². The summed E-state index contributed by atoms with van der Waals surface area (Å²) in [6.45, 7) is 8.77. The predicted molar refractivity (Wildman–Crippen MR) is 35.2 cm³/mol. The van der Waals surface area contributed by atoms with Crippen LogP contribution in [0.5, 0.6) is 0 Å². The highest BCUT2D eigenvalue weighted by molar-refractivity contribution is 5.17. The second-order valence-corrected chi connectivity index (χ2v) is 2.29. The molecule has 0 aromatic heterocycles. The molecule has 0 aromatic rings. The number of rotatable bonds is 0. The van der Waals surface area contributed by atoms with E-state index >= 15 is 0 Å². The fourth-order valence-electron chi connectivity index (χ4n) is 0.948. The molecule has 52 valence electrons. The maximum Gasteiger partial charge on any atom is 0.173 e. The maximum absolute atomic E-state index is 3.86. The summed E-state index contributed by atoms with van der Waals surface area (Å²) >= 11 is 0. The summed E-state index contributed by atoms with van der Waals surface area (Å²) in [4.78, 5) is 0. The van der Waals surface area contributed by atoms with E-state index in [4.69, 9.17) is 0 Å². The summed E-state index contributed by atoms with van der Waals surface area (Å²) in [5.41, 5.74) is 1.19. The number of nitrogens with zero attached hydrogens (tertiary/aromatic N) is 1. The summed E-state index contributed by atoms with van der Waals surface area (Å²) < 4.78 is 1.99. The summed E-state index contributed by atoms with van der Waals surface area (Å²) in [6.07, 6.45) is 3.72. The molecule has 0 radical (unpaired) electrons. The Bertz CT molecular complexity index is 113. The number of allylic oxidation sites excluding steroid dienone is 1. The van der Waals surface area contributed by atoms with Gasteiger partial charge in [0.2, 0.25) is 0 Å². The minimum absolute atomic E-state index is 0. The van der Waals surface area contributed by atoms with Gasteiger partial charge in [-0.15, -0.1) is 0 Å². The molecule has 0 N–H and O–H groups in total. The molecule has 2 heteroatoms. The van der Waals surface area contributed by atoms with Crippen molar-refractivity contribution in [3.63, 3.8) is 0 Å².